The topological polar surface area (TPSA) is 17.8 Å². The zero-order chi connectivity index (χ0) is 8.10. The summed E-state index contributed by atoms with van der Waals surface area (Å²) in [5, 5.41) is 0. The summed E-state index contributed by atoms with van der Waals surface area (Å²) in [6.07, 6.45) is 7.69. The largest absolute Gasteiger partial charge is 0.335 e. The summed E-state index contributed by atoms with van der Waals surface area (Å²) in [6, 6.07) is 0. The van der Waals surface area contributed by atoms with E-state index in [-0.39, 0.29) is 0 Å². The molecule has 0 unspecified atom stereocenters. The number of rotatable bonds is 4. The highest BCUT2D eigenvalue weighted by molar-refractivity contribution is 4.93. The SMILES string of the molecule is CCCCCn1cncc1C. The van der Waals surface area contributed by atoms with Crippen molar-refractivity contribution in [2.45, 2.75) is 39.7 Å². The molecule has 1 aromatic heterocycles. The second-order valence-electron chi connectivity index (χ2n) is 2.94. The average Bonchev–Trinajstić information content (AvgIpc) is 2.37. The van der Waals surface area contributed by atoms with Gasteiger partial charge in [-0.3, -0.25) is 0 Å². The molecule has 1 heterocycles. The van der Waals surface area contributed by atoms with Crippen LogP contribution >= 0.6 is 0 Å². The second kappa shape index (κ2) is 4.16. The molecule has 0 aliphatic heterocycles. The van der Waals surface area contributed by atoms with Crippen LogP contribution in [0.4, 0.5) is 0 Å². The van der Waals surface area contributed by atoms with Crippen LogP contribution in [0.3, 0.4) is 0 Å². The van der Waals surface area contributed by atoms with Gasteiger partial charge in [0, 0.05) is 18.4 Å². The Morgan fingerprint density at radius 3 is 2.82 bits per heavy atom. The third kappa shape index (κ3) is 2.37. The number of hydrogen-bond donors (Lipinski definition) is 0. The predicted octanol–water partition coefficient (Wildman–Crippen LogP) is 2.38. The van der Waals surface area contributed by atoms with E-state index in [4.69, 9.17) is 0 Å². The zero-order valence-electron chi connectivity index (χ0n) is 7.38. The fourth-order valence-electron chi connectivity index (χ4n) is 1.15. The summed E-state index contributed by atoms with van der Waals surface area (Å²) in [4.78, 5) is 4.06. The van der Waals surface area contributed by atoms with E-state index in [1.54, 1.807) is 0 Å². The van der Waals surface area contributed by atoms with Crippen LogP contribution in [0.5, 0.6) is 0 Å². The predicted molar refractivity (Wildman–Crippen MR) is 46.5 cm³/mol. The van der Waals surface area contributed by atoms with Crippen LogP contribution in [0.15, 0.2) is 12.5 Å². The number of aryl methyl sites for hydroxylation is 2. The lowest BCUT2D eigenvalue weighted by Crippen LogP contribution is -1.97. The van der Waals surface area contributed by atoms with Gasteiger partial charge in [0.2, 0.25) is 0 Å². The van der Waals surface area contributed by atoms with E-state index in [0.29, 0.717) is 0 Å². The van der Waals surface area contributed by atoms with E-state index in [2.05, 4.69) is 23.4 Å². The average molecular weight is 152 g/mol. The molecule has 0 saturated carbocycles. The summed E-state index contributed by atoms with van der Waals surface area (Å²) in [7, 11) is 0. The molecular formula is C9H16N2. The van der Waals surface area contributed by atoms with Crippen molar-refractivity contribution in [1.82, 2.24) is 9.55 Å². The van der Waals surface area contributed by atoms with Crippen molar-refractivity contribution in [2.24, 2.45) is 0 Å². The molecule has 1 rings (SSSR count). The Morgan fingerprint density at radius 2 is 2.27 bits per heavy atom. The number of hydrogen-bond acceptors (Lipinski definition) is 1. The van der Waals surface area contributed by atoms with Crippen LogP contribution in [0.1, 0.15) is 31.9 Å². The Morgan fingerprint density at radius 1 is 1.45 bits per heavy atom. The lowest BCUT2D eigenvalue weighted by Gasteiger charge is -2.02. The van der Waals surface area contributed by atoms with Crippen molar-refractivity contribution < 1.29 is 0 Å². The summed E-state index contributed by atoms with van der Waals surface area (Å²) in [5.74, 6) is 0. The number of aromatic nitrogens is 2. The quantitative estimate of drug-likeness (QED) is 0.606. The van der Waals surface area contributed by atoms with Gasteiger partial charge >= 0.3 is 0 Å². The molecule has 0 atom stereocenters. The fraction of sp³-hybridized carbons (Fsp3) is 0.667. The number of unbranched alkanes of at least 4 members (excludes halogenated alkanes) is 2. The number of imidazole rings is 1. The molecule has 0 saturated heterocycles. The van der Waals surface area contributed by atoms with E-state index in [1.807, 2.05) is 12.5 Å². The van der Waals surface area contributed by atoms with Crippen molar-refractivity contribution in [2.75, 3.05) is 0 Å². The molecule has 0 aliphatic carbocycles. The van der Waals surface area contributed by atoms with Gasteiger partial charge < -0.3 is 4.57 Å². The van der Waals surface area contributed by atoms with E-state index in [1.165, 1.54) is 25.0 Å². The Balaban J connectivity index is 2.32. The Kier molecular flexibility index (Phi) is 3.14. The molecule has 11 heavy (non-hydrogen) atoms. The Hall–Kier alpha value is -0.790. The number of nitrogens with zero attached hydrogens (tertiary/aromatic N) is 2. The van der Waals surface area contributed by atoms with Crippen molar-refractivity contribution in [3.8, 4) is 0 Å². The van der Waals surface area contributed by atoms with Crippen LogP contribution in [-0.4, -0.2) is 9.55 Å². The van der Waals surface area contributed by atoms with Crippen LogP contribution in [0.2, 0.25) is 0 Å². The summed E-state index contributed by atoms with van der Waals surface area (Å²) < 4.78 is 2.20. The molecule has 0 radical (unpaired) electrons. The summed E-state index contributed by atoms with van der Waals surface area (Å²) in [5.41, 5.74) is 1.26. The first kappa shape index (κ1) is 8.31. The van der Waals surface area contributed by atoms with Gasteiger partial charge in [-0.25, -0.2) is 4.98 Å². The van der Waals surface area contributed by atoms with Gasteiger partial charge in [-0.2, -0.15) is 0 Å². The lowest BCUT2D eigenvalue weighted by atomic mass is 10.2. The smallest absolute Gasteiger partial charge is 0.0948 e. The molecular weight excluding hydrogens is 136 g/mol. The van der Waals surface area contributed by atoms with Crippen molar-refractivity contribution >= 4 is 0 Å². The highest BCUT2D eigenvalue weighted by atomic mass is 15.0. The van der Waals surface area contributed by atoms with E-state index in [0.717, 1.165) is 6.54 Å². The van der Waals surface area contributed by atoms with Gasteiger partial charge in [-0.1, -0.05) is 19.8 Å². The normalized spacial score (nSPS) is 10.4. The minimum absolute atomic E-state index is 1.12. The van der Waals surface area contributed by atoms with Crippen LogP contribution < -0.4 is 0 Å². The Labute approximate surface area is 68.3 Å². The maximum Gasteiger partial charge on any atom is 0.0948 e. The van der Waals surface area contributed by atoms with Crippen molar-refractivity contribution in [1.29, 1.82) is 0 Å². The molecule has 0 N–H and O–H groups in total. The van der Waals surface area contributed by atoms with Gasteiger partial charge in [0.1, 0.15) is 0 Å². The maximum absolute atomic E-state index is 4.06. The second-order valence-corrected chi connectivity index (χ2v) is 2.94. The zero-order valence-corrected chi connectivity index (χ0v) is 7.38. The minimum atomic E-state index is 1.12. The molecule has 0 bridgehead atoms. The van der Waals surface area contributed by atoms with Gasteiger partial charge in [-0.15, -0.1) is 0 Å². The van der Waals surface area contributed by atoms with E-state index >= 15 is 0 Å². The van der Waals surface area contributed by atoms with Crippen LogP contribution in [0.25, 0.3) is 0 Å². The first-order valence-electron chi connectivity index (χ1n) is 4.31. The van der Waals surface area contributed by atoms with Crippen LogP contribution in [-0.2, 0) is 6.54 Å². The molecule has 0 aliphatic rings. The van der Waals surface area contributed by atoms with E-state index in [9.17, 15) is 0 Å². The maximum atomic E-state index is 4.06. The molecule has 62 valence electrons. The van der Waals surface area contributed by atoms with Gasteiger partial charge in [0.05, 0.1) is 6.33 Å². The highest BCUT2D eigenvalue weighted by Crippen LogP contribution is 2.01. The van der Waals surface area contributed by atoms with Crippen molar-refractivity contribution in [3.05, 3.63) is 18.2 Å². The van der Waals surface area contributed by atoms with Gasteiger partial charge in [-0.05, 0) is 13.3 Å². The molecule has 0 aromatic carbocycles. The summed E-state index contributed by atoms with van der Waals surface area (Å²) >= 11 is 0. The first-order valence-corrected chi connectivity index (χ1v) is 4.31. The van der Waals surface area contributed by atoms with Crippen molar-refractivity contribution in [3.63, 3.8) is 0 Å². The molecule has 1 aromatic rings. The van der Waals surface area contributed by atoms with Gasteiger partial charge in [0.15, 0.2) is 0 Å². The fourth-order valence-corrected chi connectivity index (χ4v) is 1.15. The van der Waals surface area contributed by atoms with Gasteiger partial charge in [0.25, 0.3) is 0 Å². The Bertz CT molecular complexity index is 203. The first-order chi connectivity index (χ1) is 5.34. The minimum Gasteiger partial charge on any atom is -0.335 e. The standard InChI is InChI=1S/C9H16N2/c1-3-4-5-6-11-8-10-7-9(11)2/h7-8H,3-6H2,1-2H3. The molecule has 0 spiro atoms. The third-order valence-corrected chi connectivity index (χ3v) is 1.92. The lowest BCUT2D eigenvalue weighted by molar-refractivity contribution is 0.592. The third-order valence-electron chi connectivity index (χ3n) is 1.92. The van der Waals surface area contributed by atoms with E-state index < -0.39 is 0 Å². The van der Waals surface area contributed by atoms with Crippen LogP contribution in [0, 0.1) is 6.92 Å². The molecule has 2 heteroatoms. The highest BCUT2D eigenvalue weighted by Gasteiger charge is 1.93. The molecule has 0 amide bonds. The molecule has 2 nitrogen and oxygen atoms in total. The summed E-state index contributed by atoms with van der Waals surface area (Å²) in [6.45, 7) is 5.44. The molecule has 0 fully saturated rings. The monoisotopic (exact) mass is 152 g/mol.